The molecule has 23 heavy (non-hydrogen) atoms. The van der Waals surface area contributed by atoms with E-state index in [9.17, 15) is 4.79 Å². The van der Waals surface area contributed by atoms with Gasteiger partial charge in [0.1, 0.15) is 0 Å². The van der Waals surface area contributed by atoms with Crippen LogP contribution in [0.2, 0.25) is 0 Å². The summed E-state index contributed by atoms with van der Waals surface area (Å²) < 4.78 is 5.01. The Balaban J connectivity index is 1.84. The first kappa shape index (κ1) is 13.8. The lowest BCUT2D eigenvalue weighted by molar-refractivity contribution is 0.0297. The van der Waals surface area contributed by atoms with E-state index in [2.05, 4.69) is 16.4 Å². The highest BCUT2D eigenvalue weighted by Crippen LogP contribution is 2.35. The number of para-hydroxylation sites is 1. The van der Waals surface area contributed by atoms with Gasteiger partial charge in [-0.1, -0.05) is 48.5 Å². The second kappa shape index (κ2) is 5.44. The zero-order valence-electron chi connectivity index (χ0n) is 12.3. The molecule has 5 heteroatoms. The first-order chi connectivity index (χ1) is 11.2. The third-order valence-corrected chi connectivity index (χ3v) is 4.25. The molecular weight excluding hydrogens is 292 g/mol. The van der Waals surface area contributed by atoms with E-state index < -0.39 is 12.4 Å². The highest BCUT2D eigenvalue weighted by Gasteiger charge is 2.32. The van der Waals surface area contributed by atoms with Crippen molar-refractivity contribution >= 4 is 17.1 Å². The summed E-state index contributed by atoms with van der Waals surface area (Å²) in [4.78, 5) is 14.4. The van der Waals surface area contributed by atoms with E-state index >= 15 is 0 Å². The van der Waals surface area contributed by atoms with Crippen LogP contribution in [0.1, 0.15) is 22.9 Å². The van der Waals surface area contributed by atoms with Crippen LogP contribution in [-0.4, -0.2) is 22.5 Å². The van der Waals surface area contributed by atoms with E-state index in [1.165, 1.54) is 0 Å². The number of carbonyl (C=O) groups is 1. The Morgan fingerprint density at radius 1 is 1.09 bits per heavy atom. The minimum atomic E-state index is -1.27. The van der Waals surface area contributed by atoms with Crippen molar-refractivity contribution in [1.29, 1.82) is 0 Å². The average Bonchev–Trinajstić information content (AvgIpc) is 2.93. The first-order valence-electron chi connectivity index (χ1n) is 7.52. The molecule has 2 heterocycles. The maximum atomic E-state index is 11.0. The van der Waals surface area contributed by atoms with Gasteiger partial charge in [-0.15, -0.1) is 0 Å². The summed E-state index contributed by atoms with van der Waals surface area (Å²) in [5, 5.41) is 13.4. The Bertz CT molecular complexity index is 857. The van der Waals surface area contributed by atoms with Crippen molar-refractivity contribution in [2.45, 2.75) is 18.7 Å². The summed E-state index contributed by atoms with van der Waals surface area (Å²) in [5.74, 6) is 0. The normalized spacial score (nSPS) is 20.2. The number of aromatic nitrogens is 1. The SMILES string of the molecule is O=C(O)OC1Cc2c([nH]c3ccccc23)C(c2ccccc2)N1. The van der Waals surface area contributed by atoms with E-state index in [0.717, 1.165) is 27.7 Å². The summed E-state index contributed by atoms with van der Waals surface area (Å²) in [6.07, 6.45) is -1.32. The van der Waals surface area contributed by atoms with Crippen LogP contribution in [0.25, 0.3) is 10.9 Å². The fraction of sp³-hybridized carbons (Fsp3) is 0.167. The molecule has 0 saturated heterocycles. The summed E-state index contributed by atoms with van der Waals surface area (Å²) in [5.41, 5.74) is 4.30. The highest BCUT2D eigenvalue weighted by atomic mass is 16.7. The Morgan fingerprint density at radius 2 is 1.83 bits per heavy atom. The zero-order valence-corrected chi connectivity index (χ0v) is 12.3. The maximum absolute atomic E-state index is 11.0. The van der Waals surface area contributed by atoms with Gasteiger partial charge in [0.15, 0.2) is 6.23 Å². The molecule has 1 aliphatic rings. The van der Waals surface area contributed by atoms with Crippen molar-refractivity contribution in [3.8, 4) is 0 Å². The van der Waals surface area contributed by atoms with Gasteiger partial charge in [0.2, 0.25) is 0 Å². The average molecular weight is 308 g/mol. The molecule has 2 atom stereocenters. The quantitative estimate of drug-likeness (QED) is 0.634. The predicted molar refractivity (Wildman–Crippen MR) is 86.3 cm³/mol. The van der Waals surface area contributed by atoms with Gasteiger partial charge in [0.25, 0.3) is 0 Å². The third kappa shape index (κ3) is 2.45. The van der Waals surface area contributed by atoms with Crippen molar-refractivity contribution in [3.63, 3.8) is 0 Å². The Morgan fingerprint density at radius 3 is 2.61 bits per heavy atom. The molecule has 1 aromatic heterocycles. The van der Waals surface area contributed by atoms with Crippen LogP contribution in [0, 0.1) is 0 Å². The molecule has 2 unspecified atom stereocenters. The van der Waals surface area contributed by atoms with E-state index in [1.807, 2.05) is 48.5 Å². The van der Waals surface area contributed by atoms with Gasteiger partial charge in [-0.3, -0.25) is 5.32 Å². The molecule has 0 fully saturated rings. The summed E-state index contributed by atoms with van der Waals surface area (Å²) in [6.45, 7) is 0. The number of hydrogen-bond acceptors (Lipinski definition) is 3. The fourth-order valence-corrected chi connectivity index (χ4v) is 3.31. The minimum absolute atomic E-state index is 0.128. The fourth-order valence-electron chi connectivity index (χ4n) is 3.31. The van der Waals surface area contributed by atoms with Gasteiger partial charge in [-0.05, 0) is 17.2 Å². The van der Waals surface area contributed by atoms with Crippen LogP contribution in [0.15, 0.2) is 54.6 Å². The van der Waals surface area contributed by atoms with Crippen LogP contribution < -0.4 is 5.32 Å². The largest absolute Gasteiger partial charge is 0.507 e. The molecule has 0 saturated carbocycles. The van der Waals surface area contributed by atoms with E-state index in [4.69, 9.17) is 9.84 Å². The van der Waals surface area contributed by atoms with E-state index in [0.29, 0.717) is 6.42 Å². The van der Waals surface area contributed by atoms with Gasteiger partial charge in [-0.25, -0.2) is 4.79 Å². The topological polar surface area (TPSA) is 74.3 Å². The Hall–Kier alpha value is -2.79. The second-order valence-electron chi connectivity index (χ2n) is 5.65. The Kier molecular flexibility index (Phi) is 3.28. The molecule has 0 spiro atoms. The van der Waals surface area contributed by atoms with Crippen molar-refractivity contribution in [2.24, 2.45) is 0 Å². The highest BCUT2D eigenvalue weighted by molar-refractivity contribution is 5.85. The lowest BCUT2D eigenvalue weighted by atomic mass is 9.93. The van der Waals surface area contributed by atoms with E-state index in [1.54, 1.807) is 0 Å². The lowest BCUT2D eigenvalue weighted by Crippen LogP contribution is -2.42. The lowest BCUT2D eigenvalue weighted by Gasteiger charge is -2.30. The van der Waals surface area contributed by atoms with Crippen molar-refractivity contribution in [1.82, 2.24) is 10.3 Å². The molecule has 3 aromatic rings. The van der Waals surface area contributed by atoms with Gasteiger partial charge < -0.3 is 14.8 Å². The number of rotatable bonds is 2. The molecule has 0 amide bonds. The monoisotopic (exact) mass is 308 g/mol. The van der Waals surface area contributed by atoms with Crippen LogP contribution >= 0.6 is 0 Å². The summed E-state index contributed by atoms with van der Waals surface area (Å²) in [7, 11) is 0. The number of benzene rings is 2. The maximum Gasteiger partial charge on any atom is 0.507 e. The van der Waals surface area contributed by atoms with Gasteiger partial charge >= 0.3 is 6.16 Å². The standard InChI is InChI=1S/C18H16N2O3/c21-18(22)23-15-10-13-12-8-4-5-9-14(12)19-17(13)16(20-15)11-6-2-1-3-7-11/h1-9,15-16,19-20H,10H2,(H,21,22). The minimum Gasteiger partial charge on any atom is -0.450 e. The number of carboxylic acid groups (broad SMARTS) is 1. The number of H-pyrrole nitrogens is 1. The van der Waals surface area contributed by atoms with Crippen LogP contribution in [-0.2, 0) is 11.2 Å². The molecule has 5 nitrogen and oxygen atoms in total. The number of nitrogens with one attached hydrogen (secondary N) is 2. The number of hydrogen-bond donors (Lipinski definition) is 3. The second-order valence-corrected chi connectivity index (χ2v) is 5.65. The molecule has 4 rings (SSSR count). The number of ether oxygens (including phenoxy) is 1. The summed E-state index contributed by atoms with van der Waals surface area (Å²) >= 11 is 0. The Labute approximate surface area is 132 Å². The molecule has 0 bridgehead atoms. The molecule has 0 aliphatic carbocycles. The van der Waals surface area contributed by atoms with Crippen molar-refractivity contribution in [3.05, 3.63) is 71.4 Å². The molecule has 2 aromatic carbocycles. The molecule has 116 valence electrons. The van der Waals surface area contributed by atoms with Crippen LogP contribution in [0.5, 0.6) is 0 Å². The first-order valence-corrected chi connectivity index (χ1v) is 7.52. The smallest absolute Gasteiger partial charge is 0.450 e. The third-order valence-electron chi connectivity index (χ3n) is 4.25. The molecule has 0 radical (unpaired) electrons. The van der Waals surface area contributed by atoms with Gasteiger partial charge in [-0.2, -0.15) is 0 Å². The molecule has 3 N–H and O–H groups in total. The van der Waals surface area contributed by atoms with Crippen LogP contribution in [0.3, 0.4) is 0 Å². The van der Waals surface area contributed by atoms with Crippen molar-refractivity contribution in [2.75, 3.05) is 0 Å². The number of aromatic amines is 1. The van der Waals surface area contributed by atoms with Gasteiger partial charge in [0, 0.05) is 23.0 Å². The van der Waals surface area contributed by atoms with Gasteiger partial charge in [0.05, 0.1) is 6.04 Å². The van der Waals surface area contributed by atoms with E-state index in [-0.39, 0.29) is 6.04 Å². The molecule has 1 aliphatic heterocycles. The zero-order chi connectivity index (χ0) is 15.8. The van der Waals surface area contributed by atoms with Crippen LogP contribution in [0.4, 0.5) is 4.79 Å². The predicted octanol–water partition coefficient (Wildman–Crippen LogP) is 3.42. The van der Waals surface area contributed by atoms with Crippen molar-refractivity contribution < 1.29 is 14.6 Å². The summed E-state index contributed by atoms with van der Waals surface area (Å²) in [6, 6.07) is 17.9. The molecular formula is C18H16N2O3. The number of fused-ring (bicyclic) bond motifs is 3.